The predicted molar refractivity (Wildman–Crippen MR) is 215 cm³/mol. The Morgan fingerprint density at radius 2 is 0.686 bits per heavy atom. The molecule has 0 aliphatic carbocycles. The van der Waals surface area contributed by atoms with E-state index < -0.39 is 6.10 Å². The lowest BCUT2D eigenvalue weighted by Gasteiger charge is -2.18. The minimum atomic E-state index is -0.758. The molecule has 1 unspecified atom stereocenters. The molecule has 0 aromatic heterocycles. The van der Waals surface area contributed by atoms with Gasteiger partial charge in [-0.05, 0) is 25.2 Å². The molecule has 6 nitrogen and oxygen atoms in total. The van der Waals surface area contributed by atoms with Crippen LogP contribution in [0.1, 0.15) is 246 Å². The first-order chi connectivity index (χ1) is 24.9. The van der Waals surface area contributed by atoms with Gasteiger partial charge in [-0.25, -0.2) is 0 Å². The molecule has 0 aromatic carbocycles. The SMILES string of the molecule is CCCCCCCCCCCCCCCCCCC(=O)OC[C@@H](COC(=O)CCCCCCC)OC(=O)CCCCCCCCCCC(C)CC. The van der Waals surface area contributed by atoms with E-state index in [1.807, 2.05) is 0 Å². The summed E-state index contributed by atoms with van der Waals surface area (Å²) < 4.78 is 16.6. The maximum Gasteiger partial charge on any atom is 0.306 e. The van der Waals surface area contributed by atoms with E-state index in [1.54, 1.807) is 0 Å². The lowest BCUT2D eigenvalue weighted by Crippen LogP contribution is -2.30. The molecule has 0 aromatic rings. The Labute approximate surface area is 317 Å². The fourth-order valence-corrected chi connectivity index (χ4v) is 6.59. The Balaban J connectivity index is 4.18. The molecule has 0 rings (SSSR count). The zero-order valence-electron chi connectivity index (χ0n) is 34.6. The van der Waals surface area contributed by atoms with Crippen LogP contribution in [0.2, 0.25) is 0 Å². The number of esters is 3. The highest BCUT2D eigenvalue weighted by Gasteiger charge is 2.19. The number of unbranched alkanes of at least 4 members (excludes halogenated alkanes) is 26. The van der Waals surface area contributed by atoms with Crippen LogP contribution in [0.15, 0.2) is 0 Å². The topological polar surface area (TPSA) is 78.9 Å². The molecule has 0 saturated heterocycles. The monoisotopic (exact) mass is 723 g/mol. The third-order valence-corrected chi connectivity index (χ3v) is 10.4. The van der Waals surface area contributed by atoms with Crippen LogP contribution in [-0.4, -0.2) is 37.2 Å². The summed E-state index contributed by atoms with van der Waals surface area (Å²) in [4.78, 5) is 37.4. The van der Waals surface area contributed by atoms with Gasteiger partial charge < -0.3 is 14.2 Å². The van der Waals surface area contributed by atoms with Gasteiger partial charge in [-0.15, -0.1) is 0 Å². The van der Waals surface area contributed by atoms with Crippen LogP contribution in [0.4, 0.5) is 0 Å². The van der Waals surface area contributed by atoms with E-state index in [0.717, 1.165) is 70.1 Å². The molecule has 2 atom stereocenters. The number of carbonyl (C=O) groups excluding carboxylic acids is 3. The summed E-state index contributed by atoms with van der Waals surface area (Å²) in [6, 6.07) is 0. The molecule has 0 amide bonds. The fourth-order valence-electron chi connectivity index (χ4n) is 6.59. The highest BCUT2D eigenvalue weighted by Crippen LogP contribution is 2.17. The van der Waals surface area contributed by atoms with E-state index in [9.17, 15) is 14.4 Å². The van der Waals surface area contributed by atoms with E-state index in [2.05, 4.69) is 27.7 Å². The van der Waals surface area contributed by atoms with Crippen LogP contribution in [-0.2, 0) is 28.6 Å². The normalized spacial score (nSPS) is 12.5. The van der Waals surface area contributed by atoms with Crippen molar-refractivity contribution in [1.82, 2.24) is 0 Å². The van der Waals surface area contributed by atoms with Crippen LogP contribution in [0, 0.1) is 5.92 Å². The van der Waals surface area contributed by atoms with Gasteiger partial charge in [0.15, 0.2) is 6.10 Å². The lowest BCUT2D eigenvalue weighted by molar-refractivity contribution is -0.167. The van der Waals surface area contributed by atoms with Gasteiger partial charge in [-0.1, -0.05) is 207 Å². The van der Waals surface area contributed by atoms with Crippen LogP contribution < -0.4 is 0 Å². The summed E-state index contributed by atoms with van der Waals surface area (Å²) in [5.41, 5.74) is 0. The van der Waals surface area contributed by atoms with Crippen molar-refractivity contribution in [2.45, 2.75) is 252 Å². The zero-order valence-corrected chi connectivity index (χ0v) is 34.6. The molecular formula is C45H86O6. The van der Waals surface area contributed by atoms with Crippen molar-refractivity contribution in [3.8, 4) is 0 Å². The van der Waals surface area contributed by atoms with Gasteiger partial charge in [0.25, 0.3) is 0 Å². The molecule has 0 spiro atoms. The molecule has 0 bridgehead atoms. The van der Waals surface area contributed by atoms with Gasteiger partial charge >= 0.3 is 17.9 Å². The van der Waals surface area contributed by atoms with Gasteiger partial charge in [0, 0.05) is 19.3 Å². The summed E-state index contributed by atoms with van der Waals surface area (Å²) in [7, 11) is 0. The Bertz CT molecular complexity index is 768. The molecule has 6 heteroatoms. The molecule has 0 heterocycles. The third kappa shape index (κ3) is 38.0. The number of rotatable bonds is 40. The van der Waals surface area contributed by atoms with E-state index in [-0.39, 0.29) is 31.1 Å². The first-order valence-electron chi connectivity index (χ1n) is 22.4. The van der Waals surface area contributed by atoms with Crippen molar-refractivity contribution in [2.75, 3.05) is 13.2 Å². The molecule has 0 aliphatic rings. The van der Waals surface area contributed by atoms with Crippen LogP contribution in [0.25, 0.3) is 0 Å². The van der Waals surface area contributed by atoms with E-state index in [4.69, 9.17) is 14.2 Å². The minimum Gasteiger partial charge on any atom is -0.462 e. The maximum absolute atomic E-state index is 12.6. The van der Waals surface area contributed by atoms with Gasteiger partial charge in [0.2, 0.25) is 0 Å². The predicted octanol–water partition coefficient (Wildman–Crippen LogP) is 13.9. The smallest absolute Gasteiger partial charge is 0.306 e. The van der Waals surface area contributed by atoms with Crippen molar-refractivity contribution in [2.24, 2.45) is 5.92 Å². The van der Waals surface area contributed by atoms with Crippen LogP contribution in [0.5, 0.6) is 0 Å². The summed E-state index contributed by atoms with van der Waals surface area (Å²) in [6.07, 6.45) is 38.3. The molecule has 0 N–H and O–H groups in total. The van der Waals surface area contributed by atoms with Gasteiger partial charge in [-0.2, -0.15) is 0 Å². The van der Waals surface area contributed by atoms with Crippen LogP contribution >= 0.6 is 0 Å². The van der Waals surface area contributed by atoms with Crippen molar-refractivity contribution in [3.63, 3.8) is 0 Å². The second-order valence-corrected chi connectivity index (χ2v) is 15.6. The standard InChI is InChI=1S/C45H86O6/c1-5-8-10-12-13-14-15-16-17-18-19-20-21-25-29-33-37-44(47)50-40-42(39-49-43(46)36-32-27-11-9-6-2)51-45(48)38-34-30-26-23-22-24-28-31-35-41(4)7-3/h41-42H,5-40H2,1-4H3/t41?,42-/m1/s1. The molecule has 51 heavy (non-hydrogen) atoms. The fraction of sp³-hybridized carbons (Fsp3) is 0.933. The minimum absolute atomic E-state index is 0.0652. The van der Waals surface area contributed by atoms with Crippen molar-refractivity contribution >= 4 is 17.9 Å². The average Bonchev–Trinajstić information content (AvgIpc) is 3.13. The molecular weight excluding hydrogens is 636 g/mol. The Kier molecular flexibility index (Phi) is 38.4. The Hall–Kier alpha value is -1.59. The Morgan fingerprint density at radius 3 is 1.02 bits per heavy atom. The van der Waals surface area contributed by atoms with E-state index in [0.29, 0.717) is 19.3 Å². The zero-order chi connectivity index (χ0) is 37.5. The quantitative estimate of drug-likeness (QED) is 0.0356. The highest BCUT2D eigenvalue weighted by molar-refractivity contribution is 5.71. The molecule has 0 aliphatic heterocycles. The molecule has 0 fully saturated rings. The van der Waals surface area contributed by atoms with E-state index >= 15 is 0 Å². The second kappa shape index (κ2) is 39.6. The van der Waals surface area contributed by atoms with Crippen molar-refractivity contribution in [1.29, 1.82) is 0 Å². The number of hydrogen-bond donors (Lipinski definition) is 0. The first kappa shape index (κ1) is 49.4. The third-order valence-electron chi connectivity index (χ3n) is 10.4. The summed E-state index contributed by atoms with van der Waals surface area (Å²) in [5, 5.41) is 0. The Morgan fingerprint density at radius 1 is 0.392 bits per heavy atom. The molecule has 0 radical (unpaired) electrons. The van der Waals surface area contributed by atoms with Gasteiger partial charge in [-0.3, -0.25) is 14.4 Å². The van der Waals surface area contributed by atoms with Crippen molar-refractivity contribution in [3.05, 3.63) is 0 Å². The summed E-state index contributed by atoms with van der Waals surface area (Å²) in [5.74, 6) is -0.0257. The number of hydrogen-bond acceptors (Lipinski definition) is 6. The van der Waals surface area contributed by atoms with Crippen molar-refractivity contribution < 1.29 is 28.6 Å². The molecule has 0 saturated carbocycles. The van der Waals surface area contributed by atoms with E-state index in [1.165, 1.54) is 135 Å². The maximum atomic E-state index is 12.6. The van der Waals surface area contributed by atoms with Gasteiger partial charge in [0.05, 0.1) is 0 Å². The lowest BCUT2D eigenvalue weighted by atomic mass is 9.99. The van der Waals surface area contributed by atoms with Gasteiger partial charge in [0.1, 0.15) is 13.2 Å². The average molecular weight is 723 g/mol. The molecule has 302 valence electrons. The first-order valence-corrected chi connectivity index (χ1v) is 22.4. The number of carbonyl (C=O) groups is 3. The van der Waals surface area contributed by atoms with Crippen LogP contribution in [0.3, 0.4) is 0 Å². The largest absolute Gasteiger partial charge is 0.462 e. The summed E-state index contributed by atoms with van der Waals surface area (Å²) in [6.45, 7) is 8.92. The number of ether oxygens (including phenoxy) is 3. The second-order valence-electron chi connectivity index (χ2n) is 15.6. The summed E-state index contributed by atoms with van der Waals surface area (Å²) >= 11 is 0. The highest BCUT2D eigenvalue weighted by atomic mass is 16.6.